The van der Waals surface area contributed by atoms with Gasteiger partial charge in [-0.2, -0.15) is 0 Å². The first-order chi connectivity index (χ1) is 11.2. The Morgan fingerprint density at radius 2 is 2.26 bits per heavy atom. The highest BCUT2D eigenvalue weighted by atomic mass is 16.5. The van der Waals surface area contributed by atoms with Gasteiger partial charge in [-0.25, -0.2) is 0 Å². The zero-order valence-corrected chi connectivity index (χ0v) is 13.8. The van der Waals surface area contributed by atoms with E-state index in [2.05, 4.69) is 23.0 Å². The number of likely N-dealkylation sites (tertiary alicyclic amines) is 1. The van der Waals surface area contributed by atoms with Gasteiger partial charge in [-0.3, -0.25) is 4.90 Å². The first-order valence-corrected chi connectivity index (χ1v) is 8.26. The van der Waals surface area contributed by atoms with E-state index in [-0.39, 0.29) is 5.75 Å². The molecule has 0 aliphatic carbocycles. The Bertz CT molecular complexity index is 653. The van der Waals surface area contributed by atoms with E-state index in [1.807, 2.05) is 12.1 Å². The number of hydrogen-bond acceptors (Lipinski definition) is 5. The SMILES string of the molecule is CCCc1cc(C2CCCN2Cc2ccc(OC)c(O)c2)no1. The summed E-state index contributed by atoms with van der Waals surface area (Å²) < 4.78 is 10.5. The van der Waals surface area contributed by atoms with E-state index in [4.69, 9.17) is 9.26 Å². The van der Waals surface area contributed by atoms with Crippen molar-refractivity contribution < 1.29 is 14.4 Å². The van der Waals surface area contributed by atoms with E-state index >= 15 is 0 Å². The van der Waals surface area contributed by atoms with Crippen molar-refractivity contribution in [2.45, 2.75) is 45.2 Å². The van der Waals surface area contributed by atoms with Crippen LogP contribution in [0.5, 0.6) is 11.5 Å². The Balaban J connectivity index is 1.72. The highest BCUT2D eigenvalue weighted by molar-refractivity contribution is 5.41. The van der Waals surface area contributed by atoms with Gasteiger partial charge in [0.05, 0.1) is 13.2 Å². The van der Waals surface area contributed by atoms with E-state index in [9.17, 15) is 5.11 Å². The second kappa shape index (κ2) is 7.04. The van der Waals surface area contributed by atoms with Gasteiger partial charge >= 0.3 is 0 Å². The van der Waals surface area contributed by atoms with Crippen molar-refractivity contribution >= 4 is 0 Å². The third kappa shape index (κ3) is 3.50. The van der Waals surface area contributed by atoms with Crippen molar-refractivity contribution in [3.8, 4) is 11.5 Å². The number of benzene rings is 1. The molecule has 2 aromatic rings. The third-order valence-corrected chi connectivity index (χ3v) is 4.41. The molecule has 1 aliphatic heterocycles. The van der Waals surface area contributed by atoms with E-state index in [1.165, 1.54) is 0 Å². The van der Waals surface area contributed by atoms with Crippen LogP contribution in [0, 0.1) is 0 Å². The van der Waals surface area contributed by atoms with E-state index in [1.54, 1.807) is 13.2 Å². The Hall–Kier alpha value is -2.01. The second-order valence-corrected chi connectivity index (χ2v) is 6.10. The van der Waals surface area contributed by atoms with Crippen molar-refractivity contribution in [2.24, 2.45) is 0 Å². The van der Waals surface area contributed by atoms with Gasteiger partial charge in [0.2, 0.25) is 0 Å². The minimum atomic E-state index is 0.187. The molecule has 23 heavy (non-hydrogen) atoms. The molecule has 1 aliphatic rings. The lowest BCUT2D eigenvalue weighted by Gasteiger charge is -2.22. The molecule has 0 radical (unpaired) electrons. The molecule has 5 heteroatoms. The lowest BCUT2D eigenvalue weighted by Crippen LogP contribution is -2.22. The summed E-state index contributed by atoms with van der Waals surface area (Å²) in [5.41, 5.74) is 2.11. The number of ether oxygens (including phenoxy) is 1. The summed E-state index contributed by atoms with van der Waals surface area (Å²) in [4.78, 5) is 2.40. The Morgan fingerprint density at radius 3 is 3.00 bits per heavy atom. The van der Waals surface area contributed by atoms with Crippen LogP contribution in [-0.4, -0.2) is 28.8 Å². The van der Waals surface area contributed by atoms with Gasteiger partial charge in [-0.05, 0) is 43.5 Å². The van der Waals surface area contributed by atoms with Crippen LogP contribution in [0.3, 0.4) is 0 Å². The van der Waals surface area contributed by atoms with Gasteiger partial charge in [-0.15, -0.1) is 0 Å². The molecule has 1 saturated heterocycles. The van der Waals surface area contributed by atoms with Crippen LogP contribution >= 0.6 is 0 Å². The normalized spacial score (nSPS) is 18.4. The standard InChI is InChI=1S/C18H24N2O3/c1-3-5-14-11-15(19-23-14)16-6-4-9-20(16)12-13-7-8-18(22-2)17(21)10-13/h7-8,10-11,16,21H,3-6,9,12H2,1-2H3. The largest absolute Gasteiger partial charge is 0.504 e. The summed E-state index contributed by atoms with van der Waals surface area (Å²) in [7, 11) is 1.56. The maximum Gasteiger partial charge on any atom is 0.160 e. The number of phenols is 1. The zero-order valence-electron chi connectivity index (χ0n) is 13.8. The predicted molar refractivity (Wildman–Crippen MR) is 87.5 cm³/mol. The molecule has 3 rings (SSSR count). The average molecular weight is 316 g/mol. The number of nitrogens with zero attached hydrogens (tertiary/aromatic N) is 2. The van der Waals surface area contributed by atoms with Crippen LogP contribution in [0.25, 0.3) is 0 Å². The molecule has 5 nitrogen and oxygen atoms in total. The molecular formula is C18H24N2O3. The van der Waals surface area contributed by atoms with Crippen molar-refractivity contribution in [1.29, 1.82) is 0 Å². The molecule has 1 atom stereocenters. The van der Waals surface area contributed by atoms with Crippen LogP contribution in [0.2, 0.25) is 0 Å². The van der Waals surface area contributed by atoms with Gasteiger partial charge in [0.15, 0.2) is 11.5 Å². The van der Waals surface area contributed by atoms with Gasteiger partial charge in [0.25, 0.3) is 0 Å². The van der Waals surface area contributed by atoms with E-state index < -0.39 is 0 Å². The minimum absolute atomic E-state index is 0.187. The number of aromatic nitrogens is 1. The molecule has 0 saturated carbocycles. The van der Waals surface area contributed by atoms with Crippen LogP contribution in [-0.2, 0) is 13.0 Å². The van der Waals surface area contributed by atoms with Crippen LogP contribution in [0.15, 0.2) is 28.8 Å². The summed E-state index contributed by atoms with van der Waals surface area (Å²) in [6.07, 6.45) is 4.25. The fourth-order valence-electron chi connectivity index (χ4n) is 3.27. The molecule has 1 fully saturated rings. The predicted octanol–water partition coefficient (Wildman–Crippen LogP) is 3.68. The average Bonchev–Trinajstić information content (AvgIpc) is 3.17. The maximum atomic E-state index is 9.94. The van der Waals surface area contributed by atoms with E-state index in [0.717, 1.165) is 55.8 Å². The van der Waals surface area contributed by atoms with Crippen molar-refractivity contribution in [3.05, 3.63) is 41.3 Å². The van der Waals surface area contributed by atoms with Crippen molar-refractivity contribution in [1.82, 2.24) is 10.1 Å². The van der Waals surface area contributed by atoms with Gasteiger partial charge in [0.1, 0.15) is 11.5 Å². The summed E-state index contributed by atoms with van der Waals surface area (Å²) in [6, 6.07) is 7.98. The molecule has 124 valence electrons. The lowest BCUT2D eigenvalue weighted by atomic mass is 10.1. The highest BCUT2D eigenvalue weighted by Gasteiger charge is 2.28. The molecule has 1 aromatic carbocycles. The summed E-state index contributed by atoms with van der Waals surface area (Å²) >= 11 is 0. The summed E-state index contributed by atoms with van der Waals surface area (Å²) in [6.45, 7) is 3.96. The van der Waals surface area contributed by atoms with Crippen molar-refractivity contribution in [3.63, 3.8) is 0 Å². The number of hydrogen-bond donors (Lipinski definition) is 1. The molecular weight excluding hydrogens is 292 g/mol. The first kappa shape index (κ1) is 15.9. The molecule has 1 N–H and O–H groups in total. The summed E-state index contributed by atoms with van der Waals surface area (Å²) in [5.74, 6) is 1.66. The summed E-state index contributed by atoms with van der Waals surface area (Å²) in [5, 5.41) is 14.2. The Labute approximate surface area is 136 Å². The highest BCUT2D eigenvalue weighted by Crippen LogP contribution is 2.34. The van der Waals surface area contributed by atoms with E-state index in [0.29, 0.717) is 11.8 Å². The third-order valence-electron chi connectivity index (χ3n) is 4.41. The van der Waals surface area contributed by atoms with Crippen LogP contribution < -0.4 is 4.74 Å². The van der Waals surface area contributed by atoms with Gasteiger partial charge < -0.3 is 14.4 Å². The van der Waals surface area contributed by atoms with Gasteiger partial charge in [-0.1, -0.05) is 18.1 Å². The van der Waals surface area contributed by atoms with Crippen molar-refractivity contribution in [2.75, 3.05) is 13.7 Å². The number of methoxy groups -OCH3 is 1. The van der Waals surface area contributed by atoms with Gasteiger partial charge in [0, 0.05) is 19.0 Å². The molecule has 1 aromatic heterocycles. The molecule has 0 bridgehead atoms. The number of aromatic hydroxyl groups is 1. The maximum absolute atomic E-state index is 9.94. The molecule has 0 spiro atoms. The fourth-order valence-corrected chi connectivity index (χ4v) is 3.27. The smallest absolute Gasteiger partial charge is 0.160 e. The monoisotopic (exact) mass is 316 g/mol. The lowest BCUT2D eigenvalue weighted by molar-refractivity contribution is 0.236. The number of aryl methyl sites for hydroxylation is 1. The Morgan fingerprint density at radius 1 is 1.39 bits per heavy atom. The first-order valence-electron chi connectivity index (χ1n) is 8.26. The minimum Gasteiger partial charge on any atom is -0.504 e. The molecule has 1 unspecified atom stereocenters. The number of phenolic OH excluding ortho intramolecular Hbond substituents is 1. The van der Waals surface area contributed by atoms with Crippen LogP contribution in [0.4, 0.5) is 0 Å². The number of rotatable bonds is 6. The fraction of sp³-hybridized carbons (Fsp3) is 0.500. The quantitative estimate of drug-likeness (QED) is 0.881. The molecule has 0 amide bonds. The van der Waals surface area contributed by atoms with Crippen LogP contribution in [0.1, 0.15) is 49.2 Å². The Kier molecular flexibility index (Phi) is 4.86. The zero-order chi connectivity index (χ0) is 16.2. The second-order valence-electron chi connectivity index (χ2n) is 6.10. The topological polar surface area (TPSA) is 58.7 Å². The molecule has 2 heterocycles.